The number of fused-ring (bicyclic) bond motifs is 1. The summed E-state index contributed by atoms with van der Waals surface area (Å²) in [5, 5.41) is 5.72. The standard InChI is InChI=1S/C31H30F3N3O2S/c1-21(23-9-3-2-4-10-23)36-40(38,39)17-16-29-27-13-6-5-11-24(18-22-8-7-12-25(32)19-22)31(27)37(35-29)30-15-14-26(33)20-28(30)34/h2-4,7-10,12,14-17,19-21,24,36H,5-6,11,13,18H2,1H3/b17-16+/t21-,24?/m0/s1. The third-order valence-electron chi connectivity index (χ3n) is 7.23. The van der Waals surface area contributed by atoms with Gasteiger partial charge in [-0.1, -0.05) is 48.9 Å². The molecular weight excluding hydrogens is 535 g/mol. The predicted octanol–water partition coefficient (Wildman–Crippen LogP) is 6.99. The van der Waals surface area contributed by atoms with Crippen LogP contribution in [-0.4, -0.2) is 18.2 Å². The molecule has 3 aromatic carbocycles. The summed E-state index contributed by atoms with van der Waals surface area (Å²) in [5.74, 6) is -1.96. The Morgan fingerprint density at radius 2 is 1.77 bits per heavy atom. The number of nitrogens with zero attached hydrogens (tertiary/aromatic N) is 2. The summed E-state index contributed by atoms with van der Waals surface area (Å²) in [6.45, 7) is 1.76. The second-order valence-electron chi connectivity index (χ2n) is 10.1. The van der Waals surface area contributed by atoms with Gasteiger partial charge in [0.25, 0.3) is 0 Å². The van der Waals surface area contributed by atoms with E-state index in [1.54, 1.807) is 13.0 Å². The first-order valence-corrected chi connectivity index (χ1v) is 14.8. The Morgan fingerprint density at radius 1 is 1.00 bits per heavy atom. The predicted molar refractivity (Wildman–Crippen MR) is 150 cm³/mol. The van der Waals surface area contributed by atoms with Gasteiger partial charge >= 0.3 is 0 Å². The van der Waals surface area contributed by atoms with E-state index >= 15 is 4.39 Å². The van der Waals surface area contributed by atoms with Gasteiger partial charge in [-0.2, -0.15) is 5.10 Å². The van der Waals surface area contributed by atoms with Crippen LogP contribution in [0.3, 0.4) is 0 Å². The lowest BCUT2D eigenvalue weighted by Crippen LogP contribution is -2.24. The average Bonchev–Trinajstić information content (AvgIpc) is 3.14. The van der Waals surface area contributed by atoms with E-state index in [1.807, 2.05) is 36.4 Å². The molecule has 0 fully saturated rings. The van der Waals surface area contributed by atoms with Crippen molar-refractivity contribution in [1.29, 1.82) is 0 Å². The highest BCUT2D eigenvalue weighted by atomic mass is 32.2. The fraction of sp³-hybridized carbons (Fsp3) is 0.258. The zero-order valence-corrected chi connectivity index (χ0v) is 22.8. The van der Waals surface area contributed by atoms with Crippen molar-refractivity contribution in [1.82, 2.24) is 14.5 Å². The molecular formula is C31H30F3N3O2S. The van der Waals surface area contributed by atoms with Gasteiger partial charge in [0.15, 0.2) is 5.82 Å². The summed E-state index contributed by atoms with van der Waals surface area (Å²) in [6, 6.07) is 18.4. The van der Waals surface area contributed by atoms with Gasteiger partial charge in [0, 0.05) is 29.0 Å². The molecule has 0 saturated carbocycles. The topological polar surface area (TPSA) is 64.0 Å². The summed E-state index contributed by atoms with van der Waals surface area (Å²) < 4.78 is 72.8. The maximum Gasteiger partial charge on any atom is 0.234 e. The van der Waals surface area contributed by atoms with E-state index in [4.69, 9.17) is 0 Å². The van der Waals surface area contributed by atoms with Crippen molar-refractivity contribution in [3.05, 3.63) is 124 Å². The van der Waals surface area contributed by atoms with Crippen LogP contribution in [0.5, 0.6) is 0 Å². The molecule has 1 aliphatic rings. The Balaban J connectivity index is 1.55. The molecule has 0 amide bonds. The number of rotatable bonds is 8. The Bertz CT molecular complexity index is 1640. The normalized spacial score (nSPS) is 16.6. The molecule has 40 heavy (non-hydrogen) atoms. The zero-order chi connectivity index (χ0) is 28.3. The number of aromatic nitrogens is 2. The first-order valence-electron chi connectivity index (χ1n) is 13.3. The summed E-state index contributed by atoms with van der Waals surface area (Å²) in [7, 11) is -3.84. The highest BCUT2D eigenvalue weighted by molar-refractivity contribution is 7.92. The van der Waals surface area contributed by atoms with Crippen LogP contribution in [0, 0.1) is 17.5 Å². The van der Waals surface area contributed by atoms with E-state index in [9.17, 15) is 17.2 Å². The van der Waals surface area contributed by atoms with E-state index < -0.39 is 27.7 Å². The Morgan fingerprint density at radius 3 is 2.52 bits per heavy atom. The summed E-state index contributed by atoms with van der Waals surface area (Å²) >= 11 is 0. The van der Waals surface area contributed by atoms with Gasteiger partial charge in [-0.05, 0) is 74.1 Å². The number of hydrogen-bond donors (Lipinski definition) is 1. The monoisotopic (exact) mass is 565 g/mol. The Kier molecular flexibility index (Phi) is 8.23. The molecule has 2 atom stereocenters. The summed E-state index contributed by atoms with van der Waals surface area (Å²) in [4.78, 5) is 0. The van der Waals surface area contributed by atoms with E-state index in [0.717, 1.165) is 53.1 Å². The van der Waals surface area contributed by atoms with Gasteiger partial charge in [-0.25, -0.2) is 31.0 Å². The maximum absolute atomic E-state index is 15.0. The molecule has 0 saturated heterocycles. The maximum atomic E-state index is 15.0. The molecule has 5 rings (SSSR count). The molecule has 0 spiro atoms. The van der Waals surface area contributed by atoms with Crippen LogP contribution in [0.2, 0.25) is 0 Å². The second-order valence-corrected chi connectivity index (χ2v) is 11.7. The van der Waals surface area contributed by atoms with Gasteiger partial charge in [-0.3, -0.25) is 0 Å². The fourth-order valence-corrected chi connectivity index (χ4v) is 6.37. The molecule has 1 N–H and O–H groups in total. The molecule has 9 heteroatoms. The van der Waals surface area contributed by atoms with Crippen LogP contribution in [-0.2, 0) is 22.9 Å². The third kappa shape index (κ3) is 6.37. The van der Waals surface area contributed by atoms with E-state index in [0.29, 0.717) is 18.5 Å². The molecule has 0 radical (unpaired) electrons. The van der Waals surface area contributed by atoms with Crippen molar-refractivity contribution < 1.29 is 21.6 Å². The number of benzene rings is 3. The Hall–Kier alpha value is -3.69. The van der Waals surface area contributed by atoms with Gasteiger partial charge in [0.1, 0.15) is 17.3 Å². The summed E-state index contributed by atoms with van der Waals surface area (Å²) in [5.41, 5.74) is 3.64. The molecule has 1 unspecified atom stereocenters. The van der Waals surface area contributed by atoms with Gasteiger partial charge in [0.05, 0.1) is 11.4 Å². The summed E-state index contributed by atoms with van der Waals surface area (Å²) in [6.07, 6.45) is 5.03. The van der Waals surface area contributed by atoms with Crippen molar-refractivity contribution in [2.75, 3.05) is 0 Å². The van der Waals surface area contributed by atoms with Crippen molar-refractivity contribution in [2.24, 2.45) is 0 Å². The molecule has 1 heterocycles. The second kappa shape index (κ2) is 11.8. The number of halogens is 3. The minimum absolute atomic E-state index is 0.0714. The smallest absolute Gasteiger partial charge is 0.234 e. The van der Waals surface area contributed by atoms with Crippen molar-refractivity contribution in [3.8, 4) is 5.69 Å². The van der Waals surface area contributed by atoms with Crippen molar-refractivity contribution in [2.45, 2.75) is 51.0 Å². The van der Waals surface area contributed by atoms with E-state index in [1.165, 1.54) is 35.0 Å². The highest BCUT2D eigenvalue weighted by Gasteiger charge is 2.29. The molecule has 4 aromatic rings. The zero-order valence-electron chi connectivity index (χ0n) is 22.0. The highest BCUT2D eigenvalue weighted by Crippen LogP contribution is 2.37. The van der Waals surface area contributed by atoms with E-state index in [-0.39, 0.29) is 17.4 Å². The van der Waals surface area contributed by atoms with Crippen LogP contribution >= 0.6 is 0 Å². The van der Waals surface area contributed by atoms with Crippen LogP contribution in [0.15, 0.2) is 78.2 Å². The van der Waals surface area contributed by atoms with Crippen molar-refractivity contribution in [3.63, 3.8) is 0 Å². The lowest BCUT2D eigenvalue weighted by Gasteiger charge is -2.19. The van der Waals surface area contributed by atoms with Crippen LogP contribution in [0.4, 0.5) is 13.2 Å². The van der Waals surface area contributed by atoms with Crippen LogP contribution in [0.1, 0.15) is 66.2 Å². The minimum atomic E-state index is -3.84. The largest absolute Gasteiger partial charge is 0.234 e. The van der Waals surface area contributed by atoms with Crippen LogP contribution in [0.25, 0.3) is 11.8 Å². The molecule has 0 bridgehead atoms. The SMILES string of the molecule is C[C@H](NS(=O)(=O)/C=C/c1nn(-c2ccc(F)cc2F)c2c1CCCCC2Cc1cccc(F)c1)c1ccccc1. The van der Waals surface area contributed by atoms with Gasteiger partial charge in [-0.15, -0.1) is 0 Å². The number of hydrogen-bond acceptors (Lipinski definition) is 3. The molecule has 5 nitrogen and oxygen atoms in total. The lowest BCUT2D eigenvalue weighted by molar-refractivity contribution is 0.544. The molecule has 0 aliphatic heterocycles. The Labute approximate surface area is 232 Å². The van der Waals surface area contributed by atoms with Crippen LogP contribution < -0.4 is 4.72 Å². The quantitative estimate of drug-likeness (QED) is 0.234. The van der Waals surface area contributed by atoms with Gasteiger partial charge in [0.2, 0.25) is 10.0 Å². The fourth-order valence-electron chi connectivity index (χ4n) is 5.35. The lowest BCUT2D eigenvalue weighted by atomic mass is 9.91. The average molecular weight is 566 g/mol. The third-order valence-corrected chi connectivity index (χ3v) is 8.40. The molecule has 1 aromatic heterocycles. The van der Waals surface area contributed by atoms with Gasteiger partial charge < -0.3 is 0 Å². The number of sulfonamides is 1. The first-order chi connectivity index (χ1) is 19.2. The minimum Gasteiger partial charge on any atom is -0.234 e. The number of nitrogens with one attached hydrogen (secondary N) is 1. The van der Waals surface area contributed by atoms with Crippen molar-refractivity contribution >= 4 is 16.1 Å². The first kappa shape index (κ1) is 27.9. The van der Waals surface area contributed by atoms with E-state index in [2.05, 4.69) is 9.82 Å². The molecule has 1 aliphatic carbocycles. The molecule has 208 valence electrons.